The van der Waals surface area contributed by atoms with Gasteiger partial charge < -0.3 is 35.4 Å². The van der Waals surface area contributed by atoms with Crippen LogP contribution in [0, 0.1) is 0 Å². The van der Waals surface area contributed by atoms with Gasteiger partial charge in [-0.05, 0) is 58.6 Å². The van der Waals surface area contributed by atoms with Gasteiger partial charge in [0.1, 0.15) is 5.75 Å². The van der Waals surface area contributed by atoms with E-state index in [9.17, 15) is 15.3 Å². The third-order valence-corrected chi connectivity index (χ3v) is 7.55. The molecule has 4 unspecified atom stereocenters. The van der Waals surface area contributed by atoms with Crippen molar-refractivity contribution in [1.82, 2.24) is 4.90 Å². The number of likely N-dealkylation sites (N-methyl/N-ethyl adjacent to an activating group) is 1. The summed E-state index contributed by atoms with van der Waals surface area (Å²) >= 11 is 0. The minimum absolute atomic E-state index is 0.00693. The summed E-state index contributed by atoms with van der Waals surface area (Å²) in [5.41, 5.74) is 12.6. The van der Waals surface area contributed by atoms with Gasteiger partial charge in [-0.25, -0.2) is 0 Å². The van der Waals surface area contributed by atoms with Crippen LogP contribution < -0.4 is 5.73 Å². The molecule has 0 spiro atoms. The summed E-state index contributed by atoms with van der Waals surface area (Å²) in [7, 11) is 1.95. The highest BCUT2D eigenvalue weighted by Gasteiger charge is 2.33. The van der Waals surface area contributed by atoms with Gasteiger partial charge in [0.2, 0.25) is 0 Å². The lowest BCUT2D eigenvalue weighted by atomic mass is 9.99. The molecule has 5 rings (SSSR count). The number of rotatable bonds is 10. The van der Waals surface area contributed by atoms with Gasteiger partial charge in [0.15, 0.2) is 6.29 Å². The normalized spacial score (nSPS) is 19.8. The first-order valence-electron chi connectivity index (χ1n) is 14.0. The Bertz CT molecular complexity index is 1410. The van der Waals surface area contributed by atoms with Gasteiger partial charge in [0.05, 0.1) is 24.9 Å². The fourth-order valence-corrected chi connectivity index (χ4v) is 5.30. The number of aliphatic hydroxyl groups is 2. The third-order valence-electron chi connectivity index (χ3n) is 7.55. The number of aromatic hydroxyl groups is 1. The molecule has 1 heterocycles. The van der Waals surface area contributed by atoms with E-state index >= 15 is 0 Å². The third kappa shape index (κ3) is 7.40. The van der Waals surface area contributed by atoms with Crippen LogP contribution in [0.25, 0.3) is 11.1 Å². The standard InChI is InChI=1S/C34H38N2O5/c1-36(21-32(39)29-6-3-7-30(38)17-29)20-31-18-33(26-10-8-23(22-37)9-11-26)41-34(40-31)27-14-12-25(13-15-27)28-5-2-4-24(16-28)19-35/h2-17,31-34,37-39H,18-22,35H2,1H3. The van der Waals surface area contributed by atoms with Crippen molar-refractivity contribution < 1.29 is 24.8 Å². The molecule has 1 fully saturated rings. The van der Waals surface area contributed by atoms with Gasteiger partial charge in [-0.15, -0.1) is 0 Å². The average Bonchev–Trinajstić information content (AvgIpc) is 3.01. The summed E-state index contributed by atoms with van der Waals surface area (Å²) in [6, 6.07) is 31.0. The predicted molar refractivity (Wildman–Crippen MR) is 159 cm³/mol. The Morgan fingerprint density at radius 3 is 2.29 bits per heavy atom. The Kier molecular flexibility index (Phi) is 9.46. The molecule has 214 valence electrons. The van der Waals surface area contributed by atoms with Crippen molar-refractivity contribution in [2.75, 3.05) is 20.1 Å². The number of ether oxygens (including phenoxy) is 2. The highest BCUT2D eigenvalue weighted by Crippen LogP contribution is 2.38. The summed E-state index contributed by atoms with van der Waals surface area (Å²) in [5, 5.41) is 30.0. The lowest BCUT2D eigenvalue weighted by Crippen LogP contribution is -2.39. The number of hydrogen-bond acceptors (Lipinski definition) is 7. The maximum absolute atomic E-state index is 10.8. The molecule has 7 heteroatoms. The van der Waals surface area contributed by atoms with Crippen molar-refractivity contribution in [2.24, 2.45) is 5.73 Å². The summed E-state index contributed by atoms with van der Waals surface area (Å²) in [6.07, 6.45) is -1.01. The van der Waals surface area contributed by atoms with E-state index in [1.807, 2.05) is 60.5 Å². The monoisotopic (exact) mass is 554 g/mol. The van der Waals surface area contributed by atoms with Gasteiger partial charge in [-0.2, -0.15) is 0 Å². The highest BCUT2D eigenvalue weighted by molar-refractivity contribution is 5.64. The van der Waals surface area contributed by atoms with Crippen LogP contribution in [0.15, 0.2) is 97.1 Å². The van der Waals surface area contributed by atoms with Crippen LogP contribution in [0.5, 0.6) is 5.75 Å². The SMILES string of the molecule is CN(CC1CC(c2ccc(CO)cc2)OC(c2ccc(-c3cccc(CN)c3)cc2)O1)CC(O)c1cccc(O)c1. The van der Waals surface area contributed by atoms with Gasteiger partial charge in [0.25, 0.3) is 0 Å². The van der Waals surface area contributed by atoms with Gasteiger partial charge >= 0.3 is 0 Å². The van der Waals surface area contributed by atoms with Crippen LogP contribution in [0.2, 0.25) is 0 Å². The van der Waals surface area contributed by atoms with E-state index < -0.39 is 12.4 Å². The Balaban J connectivity index is 1.33. The van der Waals surface area contributed by atoms with E-state index in [0.717, 1.165) is 33.4 Å². The number of aliphatic hydroxyl groups excluding tert-OH is 2. The Hall–Kier alpha value is -3.56. The number of phenols is 1. The van der Waals surface area contributed by atoms with E-state index in [1.165, 1.54) is 0 Å². The second kappa shape index (κ2) is 13.4. The minimum Gasteiger partial charge on any atom is -0.508 e. The van der Waals surface area contributed by atoms with Crippen LogP contribution in [0.3, 0.4) is 0 Å². The Labute approximate surface area is 241 Å². The van der Waals surface area contributed by atoms with Crippen LogP contribution >= 0.6 is 0 Å². The first kappa shape index (κ1) is 29.0. The van der Waals surface area contributed by atoms with Crippen molar-refractivity contribution in [3.05, 3.63) is 125 Å². The van der Waals surface area contributed by atoms with E-state index in [4.69, 9.17) is 15.2 Å². The molecule has 5 N–H and O–H groups in total. The smallest absolute Gasteiger partial charge is 0.184 e. The molecule has 0 amide bonds. The lowest BCUT2D eigenvalue weighted by molar-refractivity contribution is -0.252. The number of phenolic OH excluding ortho intramolecular Hbond substituents is 1. The molecule has 4 atom stereocenters. The molecule has 0 saturated carbocycles. The second-order valence-electron chi connectivity index (χ2n) is 10.7. The van der Waals surface area contributed by atoms with Crippen molar-refractivity contribution in [1.29, 1.82) is 0 Å². The summed E-state index contributed by atoms with van der Waals surface area (Å²) in [6.45, 7) is 1.47. The second-order valence-corrected chi connectivity index (χ2v) is 10.7. The van der Waals surface area contributed by atoms with Gasteiger partial charge in [-0.3, -0.25) is 0 Å². The zero-order chi connectivity index (χ0) is 28.8. The van der Waals surface area contributed by atoms with Crippen molar-refractivity contribution in [2.45, 2.75) is 44.2 Å². The molecule has 4 aromatic rings. The zero-order valence-corrected chi connectivity index (χ0v) is 23.3. The van der Waals surface area contributed by atoms with Crippen molar-refractivity contribution in [3.8, 4) is 16.9 Å². The summed E-state index contributed by atoms with van der Waals surface area (Å²) in [5.74, 6) is 0.132. The van der Waals surface area contributed by atoms with Gasteiger partial charge in [-0.1, -0.05) is 78.9 Å². The van der Waals surface area contributed by atoms with Crippen LogP contribution in [0.1, 0.15) is 52.7 Å². The fourth-order valence-electron chi connectivity index (χ4n) is 5.30. The van der Waals surface area contributed by atoms with Crippen LogP contribution in [-0.2, 0) is 22.6 Å². The summed E-state index contributed by atoms with van der Waals surface area (Å²) in [4.78, 5) is 2.04. The topological polar surface area (TPSA) is 108 Å². The quantitative estimate of drug-likeness (QED) is 0.213. The average molecular weight is 555 g/mol. The van der Waals surface area contributed by atoms with Crippen molar-refractivity contribution >= 4 is 0 Å². The Morgan fingerprint density at radius 2 is 1.59 bits per heavy atom. The molecular weight excluding hydrogens is 516 g/mol. The molecule has 1 aliphatic heterocycles. The molecule has 7 nitrogen and oxygen atoms in total. The Morgan fingerprint density at radius 1 is 0.854 bits per heavy atom. The first-order chi connectivity index (χ1) is 19.9. The molecule has 1 aliphatic rings. The molecule has 0 aromatic heterocycles. The maximum atomic E-state index is 10.8. The van der Waals surface area contributed by atoms with Crippen LogP contribution in [0.4, 0.5) is 0 Å². The molecule has 0 aliphatic carbocycles. The minimum atomic E-state index is -0.741. The summed E-state index contributed by atoms with van der Waals surface area (Å²) < 4.78 is 13.0. The predicted octanol–water partition coefficient (Wildman–Crippen LogP) is 5.22. The number of nitrogens with zero attached hydrogens (tertiary/aromatic N) is 1. The first-order valence-corrected chi connectivity index (χ1v) is 14.0. The van der Waals surface area contributed by atoms with E-state index in [1.54, 1.807) is 24.3 Å². The lowest BCUT2D eigenvalue weighted by Gasteiger charge is -2.38. The number of benzene rings is 4. The molecular formula is C34H38N2O5. The van der Waals surface area contributed by atoms with Crippen molar-refractivity contribution in [3.63, 3.8) is 0 Å². The molecule has 0 bridgehead atoms. The van der Waals surface area contributed by atoms with Crippen LogP contribution in [-0.4, -0.2) is 46.5 Å². The highest BCUT2D eigenvalue weighted by atomic mass is 16.7. The zero-order valence-electron chi connectivity index (χ0n) is 23.3. The molecule has 4 aromatic carbocycles. The molecule has 0 radical (unpaired) electrons. The van der Waals surface area contributed by atoms with E-state index in [2.05, 4.69) is 24.3 Å². The number of nitrogens with two attached hydrogens (primary N) is 1. The molecule has 1 saturated heterocycles. The number of hydrogen-bond donors (Lipinski definition) is 4. The molecule has 41 heavy (non-hydrogen) atoms. The van der Waals surface area contributed by atoms with E-state index in [-0.39, 0.29) is 24.6 Å². The fraction of sp³-hybridized carbons (Fsp3) is 0.294. The largest absolute Gasteiger partial charge is 0.508 e. The van der Waals surface area contributed by atoms with E-state index in [0.29, 0.717) is 31.6 Å². The van der Waals surface area contributed by atoms with Gasteiger partial charge in [0, 0.05) is 31.6 Å². The maximum Gasteiger partial charge on any atom is 0.184 e.